The van der Waals surface area contributed by atoms with Crippen LogP contribution in [0.5, 0.6) is 0 Å². The molecule has 1 aliphatic rings. The fourth-order valence-electron chi connectivity index (χ4n) is 6.08. The fraction of sp³-hybridized carbons (Fsp3) is 0.353. The topological polar surface area (TPSA) is 104 Å². The van der Waals surface area contributed by atoms with Gasteiger partial charge in [0.25, 0.3) is 5.91 Å². The van der Waals surface area contributed by atoms with Gasteiger partial charge >= 0.3 is 0 Å². The number of furan rings is 1. The first-order chi connectivity index (χ1) is 21.3. The molecule has 3 aromatic carbocycles. The van der Waals surface area contributed by atoms with Crippen molar-refractivity contribution in [3.63, 3.8) is 0 Å². The van der Waals surface area contributed by atoms with Crippen molar-refractivity contribution in [2.45, 2.75) is 24.5 Å². The van der Waals surface area contributed by atoms with E-state index < -0.39 is 12.1 Å². The average Bonchev–Trinajstić information content (AvgIpc) is 3.58. The Hall–Kier alpha value is -3.42. The smallest absolute Gasteiger partial charge is 0.254 e. The highest BCUT2D eigenvalue weighted by molar-refractivity contribution is 6.42. The number of rotatable bonds is 11. The van der Waals surface area contributed by atoms with E-state index in [2.05, 4.69) is 15.9 Å². The lowest BCUT2D eigenvalue weighted by molar-refractivity contribution is -0.0178. The highest BCUT2D eigenvalue weighted by Gasteiger charge is 2.32. The number of aliphatic hydroxyl groups is 2. The van der Waals surface area contributed by atoms with E-state index in [9.17, 15) is 20.3 Å². The summed E-state index contributed by atoms with van der Waals surface area (Å²) in [4.78, 5) is 20.0. The predicted molar refractivity (Wildman–Crippen MR) is 172 cm³/mol. The summed E-state index contributed by atoms with van der Waals surface area (Å²) >= 11 is 12.7. The van der Waals surface area contributed by atoms with E-state index in [1.54, 1.807) is 42.5 Å². The molecular weight excluding hydrogens is 599 g/mol. The Balaban J connectivity index is 1.29. The highest BCUT2D eigenvalue weighted by Crippen LogP contribution is 2.31. The lowest BCUT2D eigenvalue weighted by Gasteiger charge is -2.40. The van der Waals surface area contributed by atoms with Gasteiger partial charge in [0, 0.05) is 51.3 Å². The van der Waals surface area contributed by atoms with Gasteiger partial charge in [0.05, 0.1) is 46.7 Å². The van der Waals surface area contributed by atoms with Crippen molar-refractivity contribution in [3.05, 3.63) is 105 Å². The van der Waals surface area contributed by atoms with Crippen molar-refractivity contribution >= 4 is 39.9 Å². The van der Waals surface area contributed by atoms with Gasteiger partial charge in [0.1, 0.15) is 5.76 Å². The second-order valence-electron chi connectivity index (χ2n) is 11.3. The molecule has 2 heterocycles. The molecular formula is C34H36Cl2N4O4. The normalized spacial score (nSPS) is 16.4. The number of benzene rings is 3. The number of nitriles is 1. The SMILES string of the molecule is CN(C[C@@H](CCN1CCN([C@@H](c2ccco2)[C@H](O)CO)CC1)c1ccc(Cl)c(Cl)c1)C(=O)c1cc(C#N)cc2ccccc12. The number of carbonyl (C=O) groups excluding carboxylic acids is 1. The third-order valence-electron chi connectivity index (χ3n) is 8.46. The molecule has 5 rings (SSSR count). The van der Waals surface area contributed by atoms with E-state index in [4.69, 9.17) is 27.6 Å². The predicted octanol–water partition coefficient (Wildman–Crippen LogP) is 5.57. The Labute approximate surface area is 267 Å². The van der Waals surface area contributed by atoms with E-state index in [0.29, 0.717) is 46.6 Å². The molecule has 230 valence electrons. The number of likely N-dealkylation sites (N-methyl/N-ethyl adjacent to an activating group) is 1. The molecule has 1 amide bonds. The summed E-state index contributed by atoms with van der Waals surface area (Å²) in [6.07, 6.45) is 1.41. The first-order valence-corrected chi connectivity index (χ1v) is 15.5. The molecule has 0 aliphatic carbocycles. The molecule has 1 aliphatic heterocycles. The Morgan fingerprint density at radius 3 is 2.50 bits per heavy atom. The number of amides is 1. The summed E-state index contributed by atoms with van der Waals surface area (Å²) in [5.74, 6) is 0.470. The standard InChI is InChI=1S/C34H36Cl2N4O4/c1-38(34(43)28-18-23(20-37)17-25-5-2-3-6-27(25)28)21-26(24-8-9-29(35)30(36)19-24)10-11-39-12-14-40(15-13-39)33(31(42)22-41)32-7-4-16-44-32/h2-9,16-19,26,31,33,41-42H,10-15,21-22H2,1H3/t26-,31-,33-/m1/s1. The first kappa shape index (κ1) is 32.0. The quantitative estimate of drug-likeness (QED) is 0.222. The Bertz CT molecular complexity index is 1620. The molecule has 2 N–H and O–H groups in total. The fourth-order valence-corrected chi connectivity index (χ4v) is 6.38. The monoisotopic (exact) mass is 634 g/mol. The Morgan fingerprint density at radius 1 is 1.05 bits per heavy atom. The van der Waals surface area contributed by atoms with Gasteiger partial charge in [-0.05, 0) is 65.7 Å². The highest BCUT2D eigenvalue weighted by atomic mass is 35.5. The van der Waals surface area contributed by atoms with Crippen LogP contribution in [0.3, 0.4) is 0 Å². The van der Waals surface area contributed by atoms with Crippen LogP contribution in [0.25, 0.3) is 10.8 Å². The van der Waals surface area contributed by atoms with Gasteiger partial charge in [-0.25, -0.2) is 0 Å². The largest absolute Gasteiger partial charge is 0.468 e. The van der Waals surface area contributed by atoms with Crippen LogP contribution in [0.2, 0.25) is 10.0 Å². The summed E-state index contributed by atoms with van der Waals surface area (Å²) < 4.78 is 5.57. The number of carbonyl (C=O) groups is 1. The van der Waals surface area contributed by atoms with Crippen LogP contribution in [0.1, 0.15) is 45.6 Å². The maximum Gasteiger partial charge on any atom is 0.254 e. The molecule has 4 aromatic rings. The third-order valence-corrected chi connectivity index (χ3v) is 9.20. The number of hydrogen-bond donors (Lipinski definition) is 2. The Morgan fingerprint density at radius 2 is 1.82 bits per heavy atom. The molecule has 0 spiro atoms. The summed E-state index contributed by atoms with van der Waals surface area (Å²) in [6.45, 7) is 3.88. The molecule has 0 unspecified atom stereocenters. The van der Waals surface area contributed by atoms with Gasteiger partial charge in [0.15, 0.2) is 0 Å². The van der Waals surface area contributed by atoms with E-state index in [1.807, 2.05) is 42.5 Å². The molecule has 1 fully saturated rings. The number of aliphatic hydroxyl groups excluding tert-OH is 2. The van der Waals surface area contributed by atoms with Crippen molar-refractivity contribution in [2.75, 3.05) is 52.9 Å². The van der Waals surface area contributed by atoms with Crippen molar-refractivity contribution < 1.29 is 19.4 Å². The summed E-state index contributed by atoms with van der Waals surface area (Å²) in [6, 6.07) is 22.1. The van der Waals surface area contributed by atoms with Crippen LogP contribution in [-0.4, -0.2) is 89.8 Å². The van der Waals surface area contributed by atoms with Crippen molar-refractivity contribution in [3.8, 4) is 6.07 Å². The minimum atomic E-state index is -0.939. The minimum Gasteiger partial charge on any atom is -0.468 e. The van der Waals surface area contributed by atoms with E-state index in [-0.39, 0.29) is 18.4 Å². The average molecular weight is 636 g/mol. The lowest BCUT2D eigenvalue weighted by atomic mass is 9.94. The van der Waals surface area contributed by atoms with Crippen LogP contribution < -0.4 is 0 Å². The van der Waals surface area contributed by atoms with Crippen molar-refractivity contribution in [1.29, 1.82) is 5.26 Å². The van der Waals surface area contributed by atoms with E-state index in [0.717, 1.165) is 42.4 Å². The van der Waals surface area contributed by atoms with E-state index in [1.165, 1.54) is 0 Å². The Kier molecular flexibility index (Phi) is 10.6. The zero-order valence-electron chi connectivity index (χ0n) is 24.6. The van der Waals surface area contributed by atoms with Crippen LogP contribution in [0, 0.1) is 11.3 Å². The number of piperazine rings is 1. The molecule has 1 aromatic heterocycles. The molecule has 1 saturated heterocycles. The summed E-state index contributed by atoms with van der Waals surface area (Å²) in [5, 5.41) is 32.4. The maximum atomic E-state index is 13.8. The van der Waals surface area contributed by atoms with Gasteiger partial charge in [-0.2, -0.15) is 5.26 Å². The number of hydrogen-bond acceptors (Lipinski definition) is 7. The molecule has 10 heteroatoms. The maximum absolute atomic E-state index is 13.8. The van der Waals surface area contributed by atoms with E-state index >= 15 is 0 Å². The zero-order chi connectivity index (χ0) is 31.2. The number of nitrogens with zero attached hydrogens (tertiary/aromatic N) is 4. The van der Waals surface area contributed by atoms with Crippen LogP contribution in [-0.2, 0) is 0 Å². The molecule has 0 radical (unpaired) electrons. The van der Waals surface area contributed by atoms with Gasteiger partial charge in [-0.1, -0.05) is 53.5 Å². The zero-order valence-corrected chi connectivity index (χ0v) is 26.1. The molecule has 44 heavy (non-hydrogen) atoms. The number of fused-ring (bicyclic) bond motifs is 1. The second-order valence-corrected chi connectivity index (χ2v) is 12.1. The van der Waals surface area contributed by atoms with Crippen LogP contribution in [0.15, 0.2) is 77.4 Å². The molecule has 3 atom stereocenters. The molecule has 8 nitrogen and oxygen atoms in total. The molecule has 0 bridgehead atoms. The molecule has 0 saturated carbocycles. The van der Waals surface area contributed by atoms with Crippen molar-refractivity contribution in [1.82, 2.24) is 14.7 Å². The third kappa shape index (κ3) is 7.27. The van der Waals surface area contributed by atoms with Crippen molar-refractivity contribution in [2.24, 2.45) is 0 Å². The summed E-state index contributed by atoms with van der Waals surface area (Å²) in [7, 11) is 1.79. The summed E-state index contributed by atoms with van der Waals surface area (Å²) in [5.41, 5.74) is 1.95. The lowest BCUT2D eigenvalue weighted by Crippen LogP contribution is -2.50. The minimum absolute atomic E-state index is 0.0192. The first-order valence-electron chi connectivity index (χ1n) is 14.7. The second kappa shape index (κ2) is 14.6. The van der Waals surface area contributed by atoms with Gasteiger partial charge in [-0.3, -0.25) is 9.69 Å². The van der Waals surface area contributed by atoms with Crippen LogP contribution >= 0.6 is 23.2 Å². The van der Waals surface area contributed by atoms with Gasteiger partial charge in [-0.15, -0.1) is 0 Å². The van der Waals surface area contributed by atoms with Crippen LogP contribution in [0.4, 0.5) is 0 Å². The number of halogens is 2. The van der Waals surface area contributed by atoms with Gasteiger partial charge in [0.2, 0.25) is 0 Å². The van der Waals surface area contributed by atoms with Gasteiger partial charge < -0.3 is 24.4 Å².